The van der Waals surface area contributed by atoms with Crippen molar-refractivity contribution < 1.29 is 9.21 Å². The van der Waals surface area contributed by atoms with Crippen LogP contribution >= 0.6 is 0 Å². The van der Waals surface area contributed by atoms with Gasteiger partial charge >= 0.3 is 0 Å². The zero-order chi connectivity index (χ0) is 16.7. The second-order valence-electron chi connectivity index (χ2n) is 6.49. The highest BCUT2D eigenvalue weighted by Gasteiger charge is 2.27. The lowest BCUT2D eigenvalue weighted by molar-refractivity contribution is 0.0643. The Morgan fingerprint density at radius 3 is 3.00 bits per heavy atom. The van der Waals surface area contributed by atoms with E-state index in [9.17, 15) is 4.79 Å². The molecule has 1 aliphatic rings. The summed E-state index contributed by atoms with van der Waals surface area (Å²) in [6, 6.07) is 5.71. The van der Waals surface area contributed by atoms with Crippen LogP contribution in [0.5, 0.6) is 0 Å². The minimum Gasteiger partial charge on any atom is -0.449 e. The number of furan rings is 1. The van der Waals surface area contributed by atoms with Gasteiger partial charge in [-0.25, -0.2) is 4.98 Å². The maximum Gasteiger partial charge on any atom is 0.289 e. The standard InChI is InChI=1S/C18H20N4O2/c1-12-9-19-22(10-12)14-4-3-7-21(11-14)18(23)17-8-15-16(24-17)6-5-13(2)20-15/h5-6,8-10,14H,3-4,7,11H2,1-2H3/t14-/m1/s1. The molecule has 1 aliphatic heterocycles. The number of nitrogens with zero attached hydrogens (tertiary/aromatic N) is 4. The van der Waals surface area contributed by atoms with Gasteiger partial charge in [-0.05, 0) is 44.4 Å². The van der Waals surface area contributed by atoms with Crippen LogP contribution in [0.4, 0.5) is 0 Å². The van der Waals surface area contributed by atoms with Gasteiger partial charge in [0.25, 0.3) is 5.91 Å². The van der Waals surface area contributed by atoms with E-state index in [4.69, 9.17) is 4.42 Å². The molecule has 1 amide bonds. The second kappa shape index (κ2) is 5.78. The summed E-state index contributed by atoms with van der Waals surface area (Å²) in [5, 5.41) is 4.40. The fourth-order valence-corrected chi connectivity index (χ4v) is 3.27. The third-order valence-electron chi connectivity index (χ3n) is 4.51. The molecule has 0 unspecified atom stereocenters. The average Bonchev–Trinajstić information content (AvgIpc) is 3.20. The van der Waals surface area contributed by atoms with Gasteiger partial charge in [0.05, 0.1) is 12.2 Å². The predicted molar refractivity (Wildman–Crippen MR) is 89.9 cm³/mol. The quantitative estimate of drug-likeness (QED) is 0.726. The van der Waals surface area contributed by atoms with Crippen molar-refractivity contribution in [1.29, 1.82) is 0 Å². The van der Waals surface area contributed by atoms with Gasteiger partial charge in [-0.3, -0.25) is 9.48 Å². The average molecular weight is 324 g/mol. The summed E-state index contributed by atoms with van der Waals surface area (Å²) >= 11 is 0. The zero-order valence-electron chi connectivity index (χ0n) is 13.9. The summed E-state index contributed by atoms with van der Waals surface area (Å²) < 4.78 is 7.68. The number of amides is 1. The van der Waals surface area contributed by atoms with Crippen molar-refractivity contribution in [3.05, 3.63) is 47.6 Å². The van der Waals surface area contributed by atoms with E-state index in [1.165, 1.54) is 0 Å². The van der Waals surface area contributed by atoms with Gasteiger partial charge in [-0.15, -0.1) is 0 Å². The first-order chi connectivity index (χ1) is 11.6. The van der Waals surface area contributed by atoms with E-state index in [0.717, 1.165) is 36.2 Å². The van der Waals surface area contributed by atoms with E-state index in [1.54, 1.807) is 6.07 Å². The molecular weight excluding hydrogens is 304 g/mol. The van der Waals surface area contributed by atoms with Crippen molar-refractivity contribution >= 4 is 17.0 Å². The molecular formula is C18H20N4O2. The number of hydrogen-bond donors (Lipinski definition) is 0. The van der Waals surface area contributed by atoms with E-state index in [1.807, 2.05) is 48.0 Å². The van der Waals surface area contributed by atoms with Crippen LogP contribution in [-0.4, -0.2) is 38.7 Å². The normalized spacial score (nSPS) is 18.2. The van der Waals surface area contributed by atoms with Crippen LogP contribution in [0.25, 0.3) is 11.1 Å². The minimum absolute atomic E-state index is 0.0702. The van der Waals surface area contributed by atoms with Crippen LogP contribution in [0.1, 0.15) is 40.7 Å². The number of piperidine rings is 1. The largest absolute Gasteiger partial charge is 0.449 e. The molecule has 0 spiro atoms. The van der Waals surface area contributed by atoms with Crippen LogP contribution in [0.3, 0.4) is 0 Å². The van der Waals surface area contributed by atoms with E-state index >= 15 is 0 Å². The van der Waals surface area contributed by atoms with Gasteiger partial charge < -0.3 is 9.32 Å². The van der Waals surface area contributed by atoms with Crippen molar-refractivity contribution in [3.8, 4) is 0 Å². The number of carbonyl (C=O) groups excluding carboxylic acids is 1. The summed E-state index contributed by atoms with van der Waals surface area (Å²) in [7, 11) is 0. The van der Waals surface area contributed by atoms with Crippen molar-refractivity contribution in [2.45, 2.75) is 32.7 Å². The van der Waals surface area contributed by atoms with Crippen LogP contribution in [0.15, 0.2) is 35.0 Å². The maximum absolute atomic E-state index is 12.8. The number of hydrogen-bond acceptors (Lipinski definition) is 4. The molecule has 24 heavy (non-hydrogen) atoms. The lowest BCUT2D eigenvalue weighted by atomic mass is 10.1. The van der Waals surface area contributed by atoms with Gasteiger partial charge in [0.15, 0.2) is 11.3 Å². The Bertz CT molecular complexity index is 895. The molecule has 3 aromatic heterocycles. The molecule has 1 fully saturated rings. The predicted octanol–water partition coefficient (Wildman–Crippen LogP) is 3.12. The van der Waals surface area contributed by atoms with Crippen LogP contribution < -0.4 is 0 Å². The topological polar surface area (TPSA) is 64.2 Å². The number of aromatic nitrogens is 3. The third-order valence-corrected chi connectivity index (χ3v) is 4.51. The summed E-state index contributed by atoms with van der Waals surface area (Å²) in [4.78, 5) is 19.1. The van der Waals surface area contributed by atoms with Crippen molar-refractivity contribution in [3.63, 3.8) is 0 Å². The number of carbonyl (C=O) groups is 1. The smallest absolute Gasteiger partial charge is 0.289 e. The van der Waals surface area contributed by atoms with Gasteiger partial charge in [-0.1, -0.05) is 0 Å². The lowest BCUT2D eigenvalue weighted by Gasteiger charge is -2.32. The summed E-state index contributed by atoms with van der Waals surface area (Å²) in [5.41, 5.74) is 3.43. The van der Waals surface area contributed by atoms with Crippen molar-refractivity contribution in [2.75, 3.05) is 13.1 Å². The van der Waals surface area contributed by atoms with Crippen molar-refractivity contribution in [1.82, 2.24) is 19.7 Å². The Morgan fingerprint density at radius 2 is 2.21 bits per heavy atom. The molecule has 0 aliphatic carbocycles. The molecule has 0 aromatic carbocycles. The van der Waals surface area contributed by atoms with Crippen LogP contribution in [0, 0.1) is 13.8 Å². The molecule has 0 radical (unpaired) electrons. The van der Waals surface area contributed by atoms with E-state index in [0.29, 0.717) is 17.9 Å². The fraction of sp³-hybridized carbons (Fsp3) is 0.389. The highest BCUT2D eigenvalue weighted by atomic mass is 16.3. The Morgan fingerprint density at radius 1 is 1.33 bits per heavy atom. The van der Waals surface area contributed by atoms with E-state index in [2.05, 4.69) is 10.1 Å². The fourth-order valence-electron chi connectivity index (χ4n) is 3.27. The van der Waals surface area contributed by atoms with Crippen LogP contribution in [0.2, 0.25) is 0 Å². The Labute approximate surface area is 140 Å². The highest BCUT2D eigenvalue weighted by Crippen LogP contribution is 2.25. The molecule has 0 saturated carbocycles. The first kappa shape index (κ1) is 14.9. The van der Waals surface area contributed by atoms with E-state index in [-0.39, 0.29) is 11.9 Å². The third kappa shape index (κ3) is 2.68. The highest BCUT2D eigenvalue weighted by molar-refractivity contribution is 5.95. The van der Waals surface area contributed by atoms with Crippen LogP contribution in [-0.2, 0) is 0 Å². The monoisotopic (exact) mass is 324 g/mol. The zero-order valence-corrected chi connectivity index (χ0v) is 13.9. The Hall–Kier alpha value is -2.63. The molecule has 3 aromatic rings. The van der Waals surface area contributed by atoms with Gasteiger partial charge in [0, 0.05) is 31.0 Å². The lowest BCUT2D eigenvalue weighted by Crippen LogP contribution is -2.40. The number of likely N-dealkylation sites (tertiary alicyclic amines) is 1. The summed E-state index contributed by atoms with van der Waals surface area (Å²) in [5.74, 6) is 0.291. The van der Waals surface area contributed by atoms with E-state index < -0.39 is 0 Å². The Balaban J connectivity index is 1.56. The molecule has 6 heteroatoms. The summed E-state index contributed by atoms with van der Waals surface area (Å²) in [6.07, 6.45) is 5.89. The van der Waals surface area contributed by atoms with Gasteiger partial charge in [0.2, 0.25) is 0 Å². The Kier molecular flexibility index (Phi) is 3.59. The molecule has 124 valence electrons. The number of fused-ring (bicyclic) bond motifs is 1. The first-order valence-corrected chi connectivity index (χ1v) is 8.27. The number of rotatable bonds is 2. The number of pyridine rings is 1. The molecule has 0 bridgehead atoms. The first-order valence-electron chi connectivity index (χ1n) is 8.27. The molecule has 4 heterocycles. The molecule has 0 N–H and O–H groups in total. The van der Waals surface area contributed by atoms with Gasteiger partial charge in [-0.2, -0.15) is 5.10 Å². The molecule has 6 nitrogen and oxygen atoms in total. The minimum atomic E-state index is -0.0702. The summed E-state index contributed by atoms with van der Waals surface area (Å²) in [6.45, 7) is 5.36. The maximum atomic E-state index is 12.8. The SMILES string of the molecule is Cc1cnn([C@@H]2CCCN(C(=O)c3cc4nc(C)ccc4o3)C2)c1. The number of aryl methyl sites for hydroxylation is 2. The molecule has 4 rings (SSSR count). The van der Waals surface area contributed by atoms with Gasteiger partial charge in [0.1, 0.15) is 5.52 Å². The second-order valence-corrected chi connectivity index (χ2v) is 6.49. The van der Waals surface area contributed by atoms with Crippen molar-refractivity contribution in [2.24, 2.45) is 0 Å². The molecule has 1 saturated heterocycles. The molecule has 1 atom stereocenters.